The van der Waals surface area contributed by atoms with Crippen LogP contribution in [0, 0.1) is 5.92 Å². The lowest BCUT2D eigenvalue weighted by molar-refractivity contribution is -0.142. The van der Waals surface area contributed by atoms with Crippen molar-refractivity contribution in [1.82, 2.24) is 5.32 Å². The summed E-state index contributed by atoms with van der Waals surface area (Å²) in [6.45, 7) is 5.20. The highest BCUT2D eigenvalue weighted by Gasteiger charge is 2.25. The first kappa shape index (κ1) is 13.7. The number of nitrogens with one attached hydrogen (secondary N) is 1. The Morgan fingerprint density at radius 2 is 1.87 bits per heavy atom. The number of carbonyl (C=O) groups excluding carboxylic acids is 1. The van der Waals surface area contributed by atoms with Gasteiger partial charge in [-0.25, -0.2) is 9.59 Å². The van der Waals surface area contributed by atoms with Crippen LogP contribution in [0.2, 0.25) is 0 Å². The number of rotatable bonds is 5. The summed E-state index contributed by atoms with van der Waals surface area (Å²) in [6.07, 6.45) is -2.01. The number of carboxylic acids is 1. The molecule has 0 rings (SSSR count). The molecule has 0 aliphatic rings. The summed E-state index contributed by atoms with van der Waals surface area (Å²) in [6, 6.07) is -1.34. The Balaban J connectivity index is 4.07. The zero-order valence-electron chi connectivity index (χ0n) is 9.06. The Labute approximate surface area is 88.2 Å². The Morgan fingerprint density at radius 3 is 2.20 bits per heavy atom. The second kappa shape index (κ2) is 6.23. The number of carboxylic acid groups (broad SMARTS) is 1. The number of carbonyl (C=O) groups is 2. The number of aliphatic carboxylic acids is 1. The number of hydrogen-bond acceptors (Lipinski definition) is 4. The van der Waals surface area contributed by atoms with Gasteiger partial charge in [-0.2, -0.15) is 0 Å². The number of alkyl carbamates (subject to hydrolysis) is 1. The fourth-order valence-corrected chi connectivity index (χ4v) is 0.800. The maximum Gasteiger partial charge on any atom is 0.407 e. The second-order valence-electron chi connectivity index (χ2n) is 3.69. The lowest BCUT2D eigenvalue weighted by Gasteiger charge is -2.17. The monoisotopic (exact) mass is 219 g/mol. The molecule has 0 aromatic carbocycles. The van der Waals surface area contributed by atoms with Crippen molar-refractivity contribution in [2.75, 3.05) is 6.61 Å². The Hall–Kier alpha value is -1.30. The molecule has 0 radical (unpaired) electrons. The third-order valence-corrected chi connectivity index (χ3v) is 1.57. The minimum atomic E-state index is -1.34. The van der Waals surface area contributed by atoms with Gasteiger partial charge in [0.05, 0.1) is 12.7 Å². The Kier molecular flexibility index (Phi) is 5.69. The molecule has 15 heavy (non-hydrogen) atoms. The highest BCUT2D eigenvalue weighted by molar-refractivity contribution is 5.80. The van der Waals surface area contributed by atoms with Crippen molar-refractivity contribution in [3.63, 3.8) is 0 Å². The molecule has 6 nitrogen and oxygen atoms in total. The number of ether oxygens (including phenoxy) is 1. The fraction of sp³-hybridized carbons (Fsp3) is 0.778. The van der Waals surface area contributed by atoms with E-state index in [0.29, 0.717) is 0 Å². The zero-order chi connectivity index (χ0) is 12.0. The van der Waals surface area contributed by atoms with E-state index in [1.54, 1.807) is 0 Å². The van der Waals surface area contributed by atoms with Crippen molar-refractivity contribution in [2.24, 2.45) is 5.92 Å². The number of amides is 1. The van der Waals surface area contributed by atoms with E-state index in [-0.39, 0.29) is 12.5 Å². The Morgan fingerprint density at radius 1 is 1.33 bits per heavy atom. The zero-order valence-corrected chi connectivity index (χ0v) is 9.06. The molecule has 1 amide bonds. The third-order valence-electron chi connectivity index (χ3n) is 1.57. The summed E-state index contributed by atoms with van der Waals surface area (Å²) < 4.78 is 4.71. The van der Waals surface area contributed by atoms with Gasteiger partial charge in [0.1, 0.15) is 0 Å². The molecule has 0 heterocycles. The summed E-state index contributed by atoms with van der Waals surface area (Å²) in [4.78, 5) is 21.6. The van der Waals surface area contributed by atoms with Crippen LogP contribution in [0.4, 0.5) is 4.79 Å². The molecule has 0 bridgehead atoms. The minimum absolute atomic E-state index is 0.172. The van der Waals surface area contributed by atoms with Gasteiger partial charge in [0.2, 0.25) is 0 Å². The molecule has 6 heteroatoms. The van der Waals surface area contributed by atoms with E-state index in [4.69, 9.17) is 14.9 Å². The first-order chi connectivity index (χ1) is 6.84. The van der Waals surface area contributed by atoms with E-state index < -0.39 is 24.2 Å². The first-order valence-corrected chi connectivity index (χ1v) is 4.68. The summed E-state index contributed by atoms with van der Waals surface area (Å²) in [5.74, 6) is -1.13. The summed E-state index contributed by atoms with van der Waals surface area (Å²) in [5, 5.41) is 19.8. The van der Waals surface area contributed by atoms with Crippen LogP contribution in [0.25, 0.3) is 0 Å². The molecular formula is C9H17NO5. The molecule has 0 saturated heterocycles. The molecule has 0 aliphatic carbocycles. The van der Waals surface area contributed by atoms with E-state index in [9.17, 15) is 9.59 Å². The highest BCUT2D eigenvalue weighted by Crippen LogP contribution is 1.96. The normalized spacial score (nSPS) is 14.5. The van der Waals surface area contributed by atoms with Gasteiger partial charge < -0.3 is 20.3 Å². The van der Waals surface area contributed by atoms with Crippen molar-refractivity contribution in [3.05, 3.63) is 0 Å². The SMILES string of the molecule is CC(C)COC(=O)N[C@H](C(=O)O)[C@@H](C)O. The standard InChI is InChI=1S/C9H17NO5/c1-5(2)4-15-9(14)10-7(6(3)11)8(12)13/h5-7,11H,4H2,1-3H3,(H,10,14)(H,12,13)/t6-,7+/m1/s1. The molecule has 0 saturated carbocycles. The second-order valence-corrected chi connectivity index (χ2v) is 3.69. The first-order valence-electron chi connectivity index (χ1n) is 4.68. The van der Waals surface area contributed by atoms with Crippen LogP contribution in [0.1, 0.15) is 20.8 Å². The molecule has 0 fully saturated rings. The average molecular weight is 219 g/mol. The molecule has 2 atom stereocenters. The molecule has 0 aromatic rings. The third kappa shape index (κ3) is 5.90. The number of aliphatic hydroxyl groups excluding tert-OH is 1. The van der Waals surface area contributed by atoms with E-state index >= 15 is 0 Å². The van der Waals surface area contributed by atoms with Crippen molar-refractivity contribution in [2.45, 2.75) is 32.9 Å². The van der Waals surface area contributed by atoms with Crippen LogP contribution >= 0.6 is 0 Å². The van der Waals surface area contributed by atoms with Gasteiger partial charge in [0.15, 0.2) is 6.04 Å². The van der Waals surface area contributed by atoms with Crippen molar-refractivity contribution in [3.8, 4) is 0 Å². The predicted molar refractivity (Wildman–Crippen MR) is 52.4 cm³/mol. The van der Waals surface area contributed by atoms with Crippen molar-refractivity contribution >= 4 is 12.1 Å². The lowest BCUT2D eigenvalue weighted by atomic mass is 10.2. The lowest BCUT2D eigenvalue weighted by Crippen LogP contribution is -2.48. The van der Waals surface area contributed by atoms with E-state index in [2.05, 4.69) is 5.32 Å². The minimum Gasteiger partial charge on any atom is -0.480 e. The van der Waals surface area contributed by atoms with Crippen LogP contribution in [-0.2, 0) is 9.53 Å². The van der Waals surface area contributed by atoms with Gasteiger partial charge in [-0.05, 0) is 12.8 Å². The van der Waals surface area contributed by atoms with Crippen LogP contribution in [0.15, 0.2) is 0 Å². The Bertz CT molecular complexity index is 227. The molecule has 0 aliphatic heterocycles. The molecular weight excluding hydrogens is 202 g/mol. The quantitative estimate of drug-likeness (QED) is 0.614. The molecule has 0 spiro atoms. The predicted octanol–water partition coefficient (Wildman–Crippen LogP) is 0.203. The highest BCUT2D eigenvalue weighted by atomic mass is 16.5. The topological polar surface area (TPSA) is 95.9 Å². The van der Waals surface area contributed by atoms with Crippen LogP contribution in [0.3, 0.4) is 0 Å². The van der Waals surface area contributed by atoms with Gasteiger partial charge in [0.25, 0.3) is 0 Å². The van der Waals surface area contributed by atoms with Crippen molar-refractivity contribution in [1.29, 1.82) is 0 Å². The van der Waals surface area contributed by atoms with E-state index in [0.717, 1.165) is 0 Å². The molecule has 88 valence electrons. The van der Waals surface area contributed by atoms with Crippen LogP contribution < -0.4 is 5.32 Å². The van der Waals surface area contributed by atoms with Gasteiger partial charge in [-0.3, -0.25) is 0 Å². The van der Waals surface area contributed by atoms with Crippen LogP contribution in [-0.4, -0.2) is 41.0 Å². The maximum absolute atomic E-state index is 11.1. The van der Waals surface area contributed by atoms with Crippen LogP contribution in [0.5, 0.6) is 0 Å². The number of hydrogen-bond donors (Lipinski definition) is 3. The fourth-order valence-electron chi connectivity index (χ4n) is 0.800. The van der Waals surface area contributed by atoms with Crippen molar-refractivity contribution < 1.29 is 24.5 Å². The summed E-state index contributed by atoms with van der Waals surface area (Å²) >= 11 is 0. The number of aliphatic hydroxyl groups is 1. The molecule has 0 unspecified atom stereocenters. The molecule has 0 aromatic heterocycles. The van der Waals surface area contributed by atoms with Gasteiger partial charge in [-0.1, -0.05) is 13.8 Å². The summed E-state index contributed by atoms with van der Waals surface area (Å²) in [5.41, 5.74) is 0. The molecule has 3 N–H and O–H groups in total. The van der Waals surface area contributed by atoms with E-state index in [1.807, 2.05) is 13.8 Å². The van der Waals surface area contributed by atoms with Gasteiger partial charge >= 0.3 is 12.1 Å². The average Bonchev–Trinajstić information content (AvgIpc) is 2.09. The largest absolute Gasteiger partial charge is 0.480 e. The van der Waals surface area contributed by atoms with Gasteiger partial charge in [0, 0.05) is 0 Å². The summed E-state index contributed by atoms with van der Waals surface area (Å²) in [7, 11) is 0. The van der Waals surface area contributed by atoms with E-state index in [1.165, 1.54) is 6.92 Å². The maximum atomic E-state index is 11.1. The smallest absolute Gasteiger partial charge is 0.407 e. The van der Waals surface area contributed by atoms with Gasteiger partial charge in [-0.15, -0.1) is 0 Å².